The molecule has 116 valence electrons. The molecular formula is C17H23ClFNO. The maximum Gasteiger partial charge on any atom is 0.127 e. The van der Waals surface area contributed by atoms with Crippen molar-refractivity contribution in [2.24, 2.45) is 5.92 Å². The molecule has 4 heteroatoms. The zero-order valence-corrected chi connectivity index (χ0v) is 13.3. The van der Waals surface area contributed by atoms with Crippen molar-refractivity contribution >= 4 is 11.6 Å². The third-order valence-corrected chi connectivity index (χ3v) is 5.58. The van der Waals surface area contributed by atoms with Crippen LogP contribution < -0.4 is 5.32 Å². The highest BCUT2D eigenvalue weighted by Crippen LogP contribution is 2.45. The van der Waals surface area contributed by atoms with Gasteiger partial charge in [-0.05, 0) is 63.6 Å². The van der Waals surface area contributed by atoms with Crippen molar-refractivity contribution in [1.82, 2.24) is 5.32 Å². The number of likely N-dealkylation sites (N-methyl/N-ethyl adjacent to an activating group) is 1. The van der Waals surface area contributed by atoms with Crippen LogP contribution >= 0.6 is 11.6 Å². The highest BCUT2D eigenvalue weighted by Gasteiger charge is 2.44. The molecule has 1 saturated carbocycles. The van der Waals surface area contributed by atoms with E-state index in [0.717, 1.165) is 19.4 Å². The third-order valence-electron chi connectivity index (χ3n) is 5.22. The lowest BCUT2D eigenvalue weighted by molar-refractivity contribution is -0.146. The molecule has 1 aliphatic carbocycles. The van der Waals surface area contributed by atoms with Crippen LogP contribution in [0.15, 0.2) is 18.2 Å². The predicted molar refractivity (Wildman–Crippen MR) is 83.2 cm³/mol. The third kappa shape index (κ3) is 3.10. The number of hydrogen-bond donors (Lipinski definition) is 1. The number of ether oxygens (including phenoxy) is 1. The fourth-order valence-electron chi connectivity index (χ4n) is 3.78. The molecule has 1 heterocycles. The van der Waals surface area contributed by atoms with Crippen LogP contribution in [0, 0.1) is 11.7 Å². The van der Waals surface area contributed by atoms with E-state index in [-0.39, 0.29) is 17.5 Å². The molecule has 2 fully saturated rings. The van der Waals surface area contributed by atoms with Crippen molar-refractivity contribution in [3.63, 3.8) is 0 Å². The number of halogens is 2. The van der Waals surface area contributed by atoms with Gasteiger partial charge in [0.1, 0.15) is 5.82 Å². The summed E-state index contributed by atoms with van der Waals surface area (Å²) >= 11 is 6.17. The number of rotatable bonds is 4. The summed E-state index contributed by atoms with van der Waals surface area (Å²) in [5, 5.41) is 3.91. The second kappa shape index (κ2) is 6.23. The number of benzene rings is 1. The SMILES string of the molecule is CNC(Cc1c(F)cccc1Cl)C1CCOC2(CCC2)C1. The zero-order valence-electron chi connectivity index (χ0n) is 12.5. The lowest BCUT2D eigenvalue weighted by Gasteiger charge is -2.48. The zero-order chi connectivity index (χ0) is 14.9. The Kier molecular flexibility index (Phi) is 4.53. The smallest absolute Gasteiger partial charge is 0.127 e. The minimum absolute atomic E-state index is 0.122. The molecule has 2 aliphatic rings. The highest BCUT2D eigenvalue weighted by molar-refractivity contribution is 6.31. The largest absolute Gasteiger partial charge is 0.375 e. The Morgan fingerprint density at radius 3 is 2.90 bits per heavy atom. The summed E-state index contributed by atoms with van der Waals surface area (Å²) in [4.78, 5) is 0. The van der Waals surface area contributed by atoms with Crippen LogP contribution in [0.4, 0.5) is 4.39 Å². The molecule has 1 aromatic carbocycles. The van der Waals surface area contributed by atoms with Gasteiger partial charge in [-0.2, -0.15) is 0 Å². The van der Waals surface area contributed by atoms with Crippen LogP contribution in [0.25, 0.3) is 0 Å². The average Bonchev–Trinajstić information content (AvgIpc) is 2.46. The lowest BCUT2D eigenvalue weighted by atomic mass is 9.70. The van der Waals surface area contributed by atoms with E-state index in [1.54, 1.807) is 12.1 Å². The molecule has 1 saturated heterocycles. The van der Waals surface area contributed by atoms with Gasteiger partial charge in [-0.25, -0.2) is 4.39 Å². The van der Waals surface area contributed by atoms with Gasteiger partial charge in [-0.1, -0.05) is 17.7 Å². The van der Waals surface area contributed by atoms with Crippen molar-refractivity contribution in [1.29, 1.82) is 0 Å². The van der Waals surface area contributed by atoms with Gasteiger partial charge in [-0.15, -0.1) is 0 Å². The van der Waals surface area contributed by atoms with Gasteiger partial charge in [0.15, 0.2) is 0 Å². The maximum atomic E-state index is 14.0. The molecule has 0 amide bonds. The van der Waals surface area contributed by atoms with Crippen molar-refractivity contribution in [2.45, 2.75) is 50.2 Å². The monoisotopic (exact) mass is 311 g/mol. The Labute approximate surface area is 131 Å². The van der Waals surface area contributed by atoms with E-state index >= 15 is 0 Å². The summed E-state index contributed by atoms with van der Waals surface area (Å²) in [7, 11) is 1.96. The summed E-state index contributed by atoms with van der Waals surface area (Å²) in [5.41, 5.74) is 0.754. The van der Waals surface area contributed by atoms with Crippen LogP contribution in [0.1, 0.15) is 37.7 Å². The Morgan fingerprint density at radius 2 is 2.29 bits per heavy atom. The van der Waals surface area contributed by atoms with Gasteiger partial charge < -0.3 is 10.1 Å². The quantitative estimate of drug-likeness (QED) is 0.909. The summed E-state index contributed by atoms with van der Waals surface area (Å²) in [6.45, 7) is 0.827. The van der Waals surface area contributed by atoms with Crippen LogP contribution in [-0.4, -0.2) is 25.3 Å². The van der Waals surface area contributed by atoms with Gasteiger partial charge in [0.25, 0.3) is 0 Å². The van der Waals surface area contributed by atoms with Crippen molar-refractivity contribution in [3.8, 4) is 0 Å². The van der Waals surface area contributed by atoms with Crippen LogP contribution in [0.5, 0.6) is 0 Å². The number of hydrogen-bond acceptors (Lipinski definition) is 2. The molecule has 0 radical (unpaired) electrons. The first-order chi connectivity index (χ1) is 10.1. The van der Waals surface area contributed by atoms with Gasteiger partial charge in [0.05, 0.1) is 5.60 Å². The molecule has 2 nitrogen and oxygen atoms in total. The van der Waals surface area contributed by atoms with E-state index in [1.807, 2.05) is 7.05 Å². The van der Waals surface area contributed by atoms with Crippen LogP contribution in [0.2, 0.25) is 5.02 Å². The Bertz CT molecular complexity index is 483. The lowest BCUT2D eigenvalue weighted by Crippen LogP contribution is -2.50. The first kappa shape index (κ1) is 15.3. The molecule has 0 bridgehead atoms. The summed E-state index contributed by atoms with van der Waals surface area (Å²) in [5.74, 6) is 0.327. The minimum Gasteiger partial charge on any atom is -0.375 e. The van der Waals surface area contributed by atoms with Gasteiger partial charge in [-0.3, -0.25) is 0 Å². The van der Waals surface area contributed by atoms with Crippen molar-refractivity contribution in [3.05, 3.63) is 34.6 Å². The highest BCUT2D eigenvalue weighted by atomic mass is 35.5. The molecule has 3 rings (SSSR count). The average molecular weight is 312 g/mol. The minimum atomic E-state index is -0.201. The van der Waals surface area contributed by atoms with Gasteiger partial charge >= 0.3 is 0 Å². The van der Waals surface area contributed by atoms with Crippen molar-refractivity contribution < 1.29 is 9.13 Å². The van der Waals surface area contributed by atoms with E-state index in [0.29, 0.717) is 22.9 Å². The molecule has 1 aliphatic heterocycles. The first-order valence-corrected chi connectivity index (χ1v) is 8.25. The Morgan fingerprint density at radius 1 is 1.48 bits per heavy atom. The summed E-state index contributed by atoms with van der Waals surface area (Å²) in [6.07, 6.45) is 6.41. The fraction of sp³-hybridized carbons (Fsp3) is 0.647. The molecule has 2 atom stereocenters. The standard InChI is InChI=1S/C17H23ClFNO/c1-20-16(10-13-14(18)4-2-5-15(13)19)12-6-9-21-17(11-12)7-3-8-17/h2,4-5,12,16,20H,3,6-11H2,1H3. The first-order valence-electron chi connectivity index (χ1n) is 7.88. The maximum absolute atomic E-state index is 14.0. The topological polar surface area (TPSA) is 21.3 Å². The molecule has 2 unspecified atom stereocenters. The van der Waals surface area contributed by atoms with Gasteiger partial charge in [0, 0.05) is 23.2 Å². The summed E-state index contributed by atoms with van der Waals surface area (Å²) in [6, 6.07) is 5.17. The van der Waals surface area contributed by atoms with E-state index in [2.05, 4.69) is 5.32 Å². The molecule has 21 heavy (non-hydrogen) atoms. The predicted octanol–water partition coefficient (Wildman–Crippen LogP) is 3.96. The Hall–Kier alpha value is -0.640. The van der Waals surface area contributed by atoms with E-state index in [1.165, 1.54) is 25.3 Å². The van der Waals surface area contributed by atoms with Crippen LogP contribution in [-0.2, 0) is 11.2 Å². The normalized spacial score (nSPS) is 25.6. The van der Waals surface area contributed by atoms with Crippen LogP contribution in [0.3, 0.4) is 0 Å². The molecule has 1 spiro atoms. The fourth-order valence-corrected chi connectivity index (χ4v) is 4.02. The van der Waals surface area contributed by atoms with E-state index in [4.69, 9.17) is 16.3 Å². The molecular weight excluding hydrogens is 289 g/mol. The molecule has 1 N–H and O–H groups in total. The second-order valence-electron chi connectivity index (χ2n) is 6.44. The second-order valence-corrected chi connectivity index (χ2v) is 6.84. The Balaban J connectivity index is 1.73. The van der Waals surface area contributed by atoms with E-state index in [9.17, 15) is 4.39 Å². The molecule has 1 aromatic rings. The van der Waals surface area contributed by atoms with Crippen molar-refractivity contribution in [2.75, 3.05) is 13.7 Å². The summed E-state index contributed by atoms with van der Waals surface area (Å²) < 4.78 is 20.0. The van der Waals surface area contributed by atoms with Gasteiger partial charge in [0.2, 0.25) is 0 Å². The van der Waals surface area contributed by atoms with E-state index < -0.39 is 0 Å². The number of nitrogens with one attached hydrogen (secondary N) is 1. The molecule has 0 aromatic heterocycles.